The summed E-state index contributed by atoms with van der Waals surface area (Å²) < 4.78 is 5.17. The summed E-state index contributed by atoms with van der Waals surface area (Å²) in [4.78, 5) is 4.52. The zero-order chi connectivity index (χ0) is 12.8. The predicted molar refractivity (Wildman–Crippen MR) is 75.1 cm³/mol. The molecule has 0 aliphatic heterocycles. The second-order valence-electron chi connectivity index (χ2n) is 5.03. The van der Waals surface area contributed by atoms with Crippen molar-refractivity contribution in [1.29, 1.82) is 0 Å². The second-order valence-corrected chi connectivity index (χ2v) is 5.03. The lowest BCUT2D eigenvalue weighted by atomic mass is 10.0. The van der Waals surface area contributed by atoms with Crippen LogP contribution in [0.2, 0.25) is 0 Å². The maximum atomic E-state index is 5.17. The summed E-state index contributed by atoms with van der Waals surface area (Å²) in [6.07, 6.45) is 3.75. The summed E-state index contributed by atoms with van der Waals surface area (Å²) in [7, 11) is 1.77. The fraction of sp³-hybridized carbons (Fsp3) is 0.643. The predicted octanol–water partition coefficient (Wildman–Crippen LogP) is 2.74. The van der Waals surface area contributed by atoms with Crippen LogP contribution in [0.5, 0.6) is 0 Å². The van der Waals surface area contributed by atoms with Crippen molar-refractivity contribution in [1.82, 2.24) is 4.98 Å². The minimum atomic E-state index is 0.450. The van der Waals surface area contributed by atoms with Gasteiger partial charge in [-0.15, -0.1) is 0 Å². The lowest BCUT2D eigenvalue weighted by Crippen LogP contribution is -2.18. The van der Waals surface area contributed by atoms with E-state index in [0.29, 0.717) is 5.41 Å². The zero-order valence-electron chi connectivity index (χ0n) is 11.3. The van der Waals surface area contributed by atoms with Gasteiger partial charge in [0.15, 0.2) is 0 Å². The van der Waals surface area contributed by atoms with Gasteiger partial charge in [0.25, 0.3) is 0 Å². The van der Waals surface area contributed by atoms with Crippen LogP contribution >= 0.6 is 0 Å². The number of nitrogens with zero attached hydrogens (tertiary/aromatic N) is 1. The Labute approximate surface area is 109 Å². The van der Waals surface area contributed by atoms with Crippen molar-refractivity contribution in [3.63, 3.8) is 0 Å². The molecule has 4 heteroatoms. The number of nitrogens with one attached hydrogen (secondary N) is 2. The molecule has 1 saturated carbocycles. The van der Waals surface area contributed by atoms with Crippen LogP contribution < -0.4 is 10.6 Å². The minimum Gasteiger partial charge on any atom is -0.385 e. The Morgan fingerprint density at radius 1 is 1.28 bits per heavy atom. The third-order valence-corrected chi connectivity index (χ3v) is 3.55. The van der Waals surface area contributed by atoms with Crippen molar-refractivity contribution in [2.24, 2.45) is 5.41 Å². The molecule has 4 nitrogen and oxygen atoms in total. The van der Waals surface area contributed by atoms with E-state index in [1.807, 2.05) is 18.2 Å². The number of methoxy groups -OCH3 is 1. The molecule has 0 unspecified atom stereocenters. The molecule has 0 radical (unpaired) electrons. The van der Waals surface area contributed by atoms with Gasteiger partial charge in [0.05, 0.1) is 0 Å². The average molecular weight is 249 g/mol. The van der Waals surface area contributed by atoms with Crippen molar-refractivity contribution < 1.29 is 4.74 Å². The highest BCUT2D eigenvalue weighted by molar-refractivity contribution is 5.45. The molecule has 2 rings (SSSR count). The van der Waals surface area contributed by atoms with E-state index < -0.39 is 0 Å². The summed E-state index contributed by atoms with van der Waals surface area (Å²) in [5.74, 6) is 1.89. The SMILES string of the molecule is CCNc1cccc(NCC2(CCOC)CC2)n1. The van der Waals surface area contributed by atoms with Gasteiger partial charge >= 0.3 is 0 Å². The van der Waals surface area contributed by atoms with E-state index in [1.165, 1.54) is 12.8 Å². The molecule has 0 atom stereocenters. The Morgan fingerprint density at radius 2 is 2.00 bits per heavy atom. The zero-order valence-corrected chi connectivity index (χ0v) is 11.3. The first kappa shape index (κ1) is 13.1. The number of anilines is 2. The number of rotatable bonds is 8. The summed E-state index contributed by atoms with van der Waals surface area (Å²) >= 11 is 0. The van der Waals surface area contributed by atoms with E-state index in [9.17, 15) is 0 Å². The van der Waals surface area contributed by atoms with Gasteiger partial charge in [0.2, 0.25) is 0 Å². The Balaban J connectivity index is 1.84. The van der Waals surface area contributed by atoms with Crippen molar-refractivity contribution in [2.45, 2.75) is 26.2 Å². The van der Waals surface area contributed by atoms with Gasteiger partial charge < -0.3 is 15.4 Å². The molecule has 1 heterocycles. The van der Waals surface area contributed by atoms with Gasteiger partial charge in [-0.1, -0.05) is 6.07 Å². The monoisotopic (exact) mass is 249 g/mol. The molecule has 100 valence electrons. The molecule has 0 aromatic carbocycles. The molecular weight excluding hydrogens is 226 g/mol. The molecule has 0 bridgehead atoms. The van der Waals surface area contributed by atoms with E-state index in [4.69, 9.17) is 4.74 Å². The van der Waals surface area contributed by atoms with Gasteiger partial charge in [-0.05, 0) is 43.7 Å². The first-order valence-electron chi connectivity index (χ1n) is 6.72. The average Bonchev–Trinajstić information content (AvgIpc) is 3.16. The number of aromatic nitrogens is 1. The van der Waals surface area contributed by atoms with E-state index in [2.05, 4.69) is 22.5 Å². The molecule has 2 N–H and O–H groups in total. The third-order valence-electron chi connectivity index (χ3n) is 3.55. The largest absolute Gasteiger partial charge is 0.385 e. The van der Waals surface area contributed by atoms with Crippen LogP contribution in [0, 0.1) is 5.41 Å². The van der Waals surface area contributed by atoms with E-state index in [-0.39, 0.29) is 0 Å². The van der Waals surface area contributed by atoms with Crippen LogP contribution in [0.25, 0.3) is 0 Å². The summed E-state index contributed by atoms with van der Waals surface area (Å²) in [5.41, 5.74) is 0.450. The Kier molecular flexibility index (Phi) is 4.42. The second kappa shape index (κ2) is 6.05. The van der Waals surface area contributed by atoms with Gasteiger partial charge in [0.1, 0.15) is 11.6 Å². The summed E-state index contributed by atoms with van der Waals surface area (Å²) in [5, 5.41) is 6.67. The number of ether oxygens (including phenoxy) is 1. The topological polar surface area (TPSA) is 46.2 Å². The van der Waals surface area contributed by atoms with E-state index in [0.717, 1.165) is 37.8 Å². The lowest BCUT2D eigenvalue weighted by Gasteiger charge is -2.16. The maximum Gasteiger partial charge on any atom is 0.128 e. The smallest absolute Gasteiger partial charge is 0.128 e. The van der Waals surface area contributed by atoms with Crippen LogP contribution in [0.3, 0.4) is 0 Å². The van der Waals surface area contributed by atoms with Crippen molar-refractivity contribution >= 4 is 11.6 Å². The first-order chi connectivity index (χ1) is 8.78. The first-order valence-corrected chi connectivity index (χ1v) is 6.72. The molecule has 1 fully saturated rings. The quantitative estimate of drug-likeness (QED) is 0.743. The van der Waals surface area contributed by atoms with Gasteiger partial charge in [-0.2, -0.15) is 0 Å². The summed E-state index contributed by atoms with van der Waals surface area (Å²) in [6.45, 7) is 4.82. The highest BCUT2D eigenvalue weighted by Gasteiger charge is 2.41. The van der Waals surface area contributed by atoms with Crippen LogP contribution in [0.4, 0.5) is 11.6 Å². The summed E-state index contributed by atoms with van der Waals surface area (Å²) in [6, 6.07) is 6.04. The van der Waals surface area contributed by atoms with Crippen LogP contribution in [0.15, 0.2) is 18.2 Å². The maximum absolute atomic E-state index is 5.17. The molecule has 1 aromatic rings. The van der Waals surface area contributed by atoms with Crippen molar-refractivity contribution in [3.05, 3.63) is 18.2 Å². The van der Waals surface area contributed by atoms with E-state index in [1.54, 1.807) is 7.11 Å². The van der Waals surface area contributed by atoms with Crippen molar-refractivity contribution in [3.8, 4) is 0 Å². The standard InChI is InChI=1S/C14H23N3O/c1-3-15-12-5-4-6-13(17-12)16-11-14(7-8-14)9-10-18-2/h4-6H,3,7-11H2,1-2H3,(H2,15,16,17). The molecule has 1 aliphatic carbocycles. The molecule has 18 heavy (non-hydrogen) atoms. The van der Waals surface area contributed by atoms with Gasteiger partial charge in [-0.25, -0.2) is 4.98 Å². The van der Waals surface area contributed by atoms with Crippen LogP contribution in [0.1, 0.15) is 26.2 Å². The fourth-order valence-electron chi connectivity index (χ4n) is 2.10. The Morgan fingerprint density at radius 3 is 2.61 bits per heavy atom. The van der Waals surface area contributed by atoms with Gasteiger partial charge in [0, 0.05) is 26.8 Å². The normalized spacial score (nSPS) is 16.3. The molecular formula is C14H23N3O. The van der Waals surface area contributed by atoms with Crippen LogP contribution in [-0.2, 0) is 4.74 Å². The number of pyridine rings is 1. The lowest BCUT2D eigenvalue weighted by molar-refractivity contribution is 0.175. The highest BCUT2D eigenvalue weighted by atomic mass is 16.5. The fourth-order valence-corrected chi connectivity index (χ4v) is 2.10. The number of hydrogen-bond acceptors (Lipinski definition) is 4. The number of hydrogen-bond donors (Lipinski definition) is 2. The Hall–Kier alpha value is -1.29. The van der Waals surface area contributed by atoms with Crippen LogP contribution in [-0.4, -0.2) is 31.8 Å². The molecule has 0 amide bonds. The molecule has 1 aliphatic rings. The Bertz CT molecular complexity index is 377. The minimum absolute atomic E-state index is 0.450. The van der Waals surface area contributed by atoms with Crippen molar-refractivity contribution in [2.75, 3.05) is 37.4 Å². The molecule has 0 spiro atoms. The molecule has 0 saturated heterocycles. The van der Waals surface area contributed by atoms with E-state index >= 15 is 0 Å². The van der Waals surface area contributed by atoms with Gasteiger partial charge in [-0.3, -0.25) is 0 Å². The highest BCUT2D eigenvalue weighted by Crippen LogP contribution is 2.48. The molecule has 1 aromatic heterocycles. The third kappa shape index (κ3) is 3.60.